The van der Waals surface area contributed by atoms with Crippen molar-refractivity contribution in [3.05, 3.63) is 23.3 Å². The van der Waals surface area contributed by atoms with Crippen molar-refractivity contribution in [1.82, 2.24) is 0 Å². The third-order valence-corrected chi connectivity index (χ3v) is 1.76. The van der Waals surface area contributed by atoms with Crippen molar-refractivity contribution in [3.63, 3.8) is 0 Å². The summed E-state index contributed by atoms with van der Waals surface area (Å²) in [5, 5.41) is 0.992. The second-order valence-corrected chi connectivity index (χ2v) is 2.77. The van der Waals surface area contributed by atoms with Crippen LogP contribution in [-0.2, 0) is 19.5 Å². The number of hydrogen-bond donors (Lipinski definition) is 0. The predicted molar refractivity (Wildman–Crippen MR) is 41.5 cm³/mol. The Morgan fingerprint density at radius 1 is 1.30 bits per heavy atom. The van der Waals surface area contributed by atoms with Crippen molar-refractivity contribution in [2.75, 3.05) is 0 Å². The van der Waals surface area contributed by atoms with Crippen LogP contribution in [0.3, 0.4) is 0 Å². The Bertz CT molecular complexity index is 138. The van der Waals surface area contributed by atoms with Crippen molar-refractivity contribution >= 4 is 11.6 Å². The molecular formula is C8H11ClRh. The molecule has 0 nitrogen and oxygen atoms in total. The first kappa shape index (κ1) is 10.4. The molecule has 0 aromatic rings. The maximum Gasteiger partial charge on any atom is 0.0180 e. The molecule has 0 saturated carbocycles. The Labute approximate surface area is 80.1 Å². The van der Waals surface area contributed by atoms with E-state index in [9.17, 15) is 0 Å². The molecule has 0 aromatic carbocycles. The van der Waals surface area contributed by atoms with E-state index in [0.29, 0.717) is 0 Å². The summed E-state index contributed by atoms with van der Waals surface area (Å²) in [7, 11) is 0. The Balaban J connectivity index is 0.000000810. The maximum absolute atomic E-state index is 5.80. The molecule has 1 aliphatic rings. The van der Waals surface area contributed by atoms with Crippen LogP contribution in [0, 0.1) is 0 Å². The number of rotatable bonds is 0. The van der Waals surface area contributed by atoms with Crippen molar-refractivity contribution in [3.8, 4) is 0 Å². The average Bonchev–Trinajstić information content (AvgIpc) is 1.79. The van der Waals surface area contributed by atoms with Gasteiger partial charge in [0.1, 0.15) is 0 Å². The number of hydrogen-bond acceptors (Lipinski definition) is 0. The van der Waals surface area contributed by atoms with Crippen LogP contribution in [0.25, 0.3) is 0 Å². The molecule has 1 rings (SSSR count). The van der Waals surface area contributed by atoms with Gasteiger partial charge in [-0.3, -0.25) is 0 Å². The average molecular weight is 246 g/mol. The minimum absolute atomic E-state index is 0. The summed E-state index contributed by atoms with van der Waals surface area (Å²) in [5.41, 5.74) is 0. The summed E-state index contributed by atoms with van der Waals surface area (Å²) in [6, 6.07) is 0. The molecule has 1 radical (unpaired) electrons. The number of halogens is 1. The third-order valence-electron chi connectivity index (χ3n) is 1.45. The van der Waals surface area contributed by atoms with Gasteiger partial charge in [-0.25, -0.2) is 0 Å². The van der Waals surface area contributed by atoms with E-state index in [2.05, 4.69) is 6.08 Å². The first-order chi connectivity index (χ1) is 4.39. The van der Waals surface area contributed by atoms with Crippen LogP contribution in [0.4, 0.5) is 0 Å². The molecule has 1 aliphatic carbocycles. The molecule has 0 atom stereocenters. The minimum atomic E-state index is 0. The summed E-state index contributed by atoms with van der Waals surface area (Å²) >= 11 is 5.80. The molecule has 0 fully saturated rings. The topological polar surface area (TPSA) is 0 Å². The first-order valence-corrected chi connectivity index (χ1v) is 3.78. The van der Waals surface area contributed by atoms with Gasteiger partial charge in [-0.15, -0.1) is 0 Å². The van der Waals surface area contributed by atoms with Crippen molar-refractivity contribution in [2.24, 2.45) is 0 Å². The van der Waals surface area contributed by atoms with Gasteiger partial charge in [-0.1, -0.05) is 23.8 Å². The summed E-state index contributed by atoms with van der Waals surface area (Å²) < 4.78 is 0. The van der Waals surface area contributed by atoms with E-state index in [4.69, 9.17) is 11.6 Å². The Morgan fingerprint density at radius 3 is 2.90 bits per heavy atom. The fraction of sp³-hybridized carbons (Fsp3) is 0.500. The van der Waals surface area contributed by atoms with Gasteiger partial charge in [-0.2, -0.15) is 0 Å². The van der Waals surface area contributed by atoms with Gasteiger partial charge in [0.05, 0.1) is 0 Å². The molecule has 0 N–H and O–H groups in total. The van der Waals surface area contributed by atoms with E-state index in [-0.39, 0.29) is 19.5 Å². The molecule has 0 aliphatic heterocycles. The molecule has 0 aromatic heterocycles. The first-order valence-electron chi connectivity index (χ1n) is 3.41. The Kier molecular flexibility index (Phi) is 6.37. The third kappa shape index (κ3) is 4.25. The zero-order valence-electron chi connectivity index (χ0n) is 5.77. The van der Waals surface area contributed by atoms with E-state index in [1.165, 1.54) is 19.3 Å². The standard InChI is InChI=1S/C8H11Cl.Rh/c9-8-6-4-2-1-3-5-7-8;/h2,4,6H,1,3,5,7H2;/b4-2-,8-6+;. The van der Waals surface area contributed by atoms with Crippen molar-refractivity contribution < 1.29 is 19.5 Å². The summed E-state index contributed by atoms with van der Waals surface area (Å²) in [6.45, 7) is 0. The molecular weight excluding hydrogens is 234 g/mol. The predicted octanol–water partition coefficient (Wildman–Crippen LogP) is 3.24. The molecule has 0 spiro atoms. The van der Waals surface area contributed by atoms with Crippen molar-refractivity contribution in [1.29, 1.82) is 0 Å². The van der Waals surface area contributed by atoms with E-state index < -0.39 is 0 Å². The summed E-state index contributed by atoms with van der Waals surface area (Å²) in [4.78, 5) is 0. The van der Waals surface area contributed by atoms with Gasteiger partial charge in [0.2, 0.25) is 0 Å². The molecule has 10 heavy (non-hydrogen) atoms. The van der Waals surface area contributed by atoms with Gasteiger partial charge in [0, 0.05) is 24.5 Å². The summed E-state index contributed by atoms with van der Waals surface area (Å²) in [5.74, 6) is 0. The van der Waals surface area contributed by atoms with Gasteiger partial charge in [0.25, 0.3) is 0 Å². The monoisotopic (exact) mass is 245 g/mol. The number of allylic oxidation sites excluding steroid dienone is 4. The SMILES string of the molecule is Cl/C1=C/C=C\CCCC1.[Rh]. The van der Waals surface area contributed by atoms with Gasteiger partial charge >= 0.3 is 0 Å². The van der Waals surface area contributed by atoms with Crippen LogP contribution < -0.4 is 0 Å². The zero-order chi connectivity index (χ0) is 6.53. The maximum atomic E-state index is 5.80. The molecule has 2 heteroatoms. The summed E-state index contributed by atoms with van der Waals surface area (Å²) in [6.07, 6.45) is 11.0. The second-order valence-electron chi connectivity index (χ2n) is 2.29. The quantitative estimate of drug-likeness (QED) is 0.575. The molecule has 0 saturated heterocycles. The minimum Gasteiger partial charge on any atom is -0.0892 e. The fourth-order valence-corrected chi connectivity index (χ4v) is 1.11. The van der Waals surface area contributed by atoms with Crippen LogP contribution in [0.15, 0.2) is 23.3 Å². The van der Waals surface area contributed by atoms with Gasteiger partial charge in [0.15, 0.2) is 0 Å². The largest absolute Gasteiger partial charge is 0.0892 e. The normalized spacial score (nSPS) is 26.7. The molecule has 0 bridgehead atoms. The Morgan fingerprint density at radius 2 is 2.10 bits per heavy atom. The van der Waals surface area contributed by atoms with E-state index in [0.717, 1.165) is 11.5 Å². The molecule has 59 valence electrons. The van der Waals surface area contributed by atoms with Gasteiger partial charge < -0.3 is 0 Å². The molecule has 0 heterocycles. The fourth-order valence-electron chi connectivity index (χ4n) is 0.908. The van der Waals surface area contributed by atoms with E-state index >= 15 is 0 Å². The molecule has 0 amide bonds. The zero-order valence-corrected chi connectivity index (χ0v) is 8.17. The molecule has 0 unspecified atom stereocenters. The van der Waals surface area contributed by atoms with Crippen LogP contribution in [-0.4, -0.2) is 0 Å². The second kappa shape index (κ2) is 6.13. The van der Waals surface area contributed by atoms with Gasteiger partial charge in [-0.05, 0) is 31.8 Å². The van der Waals surface area contributed by atoms with Crippen LogP contribution >= 0.6 is 11.6 Å². The van der Waals surface area contributed by atoms with Crippen LogP contribution in [0.1, 0.15) is 25.7 Å². The smallest absolute Gasteiger partial charge is 0.0180 e. The van der Waals surface area contributed by atoms with Crippen LogP contribution in [0.2, 0.25) is 0 Å². The van der Waals surface area contributed by atoms with Crippen molar-refractivity contribution in [2.45, 2.75) is 25.7 Å². The Hall–Kier alpha value is 0.393. The van der Waals surface area contributed by atoms with Crippen LogP contribution in [0.5, 0.6) is 0 Å². The van der Waals surface area contributed by atoms with E-state index in [1.54, 1.807) is 0 Å². The van der Waals surface area contributed by atoms with E-state index in [1.807, 2.05) is 12.2 Å².